The van der Waals surface area contributed by atoms with Crippen LogP contribution in [-0.4, -0.2) is 10.2 Å². The van der Waals surface area contributed by atoms with E-state index >= 15 is 0 Å². The zero-order valence-corrected chi connectivity index (χ0v) is 10.8. The van der Waals surface area contributed by atoms with Gasteiger partial charge in [-0.15, -0.1) is 0 Å². The number of hydrogen-bond donors (Lipinski definition) is 0. The number of allylic oxidation sites excluding steroid dienone is 1. The molecule has 0 bridgehead atoms. The van der Waals surface area contributed by atoms with E-state index in [2.05, 4.69) is 44.7 Å². The monoisotopic (exact) mass is 190 g/mol. The molecule has 70 valence electrons. The van der Waals surface area contributed by atoms with Crippen molar-refractivity contribution in [1.29, 1.82) is 0 Å². The lowest BCUT2D eigenvalue weighted by atomic mass is 9.98. The van der Waals surface area contributed by atoms with Gasteiger partial charge in [-0.3, -0.25) is 0 Å². The summed E-state index contributed by atoms with van der Waals surface area (Å²) in [5.74, 6) is 0.714. The fourth-order valence-corrected chi connectivity index (χ4v) is 1.82. The molecule has 1 atom stereocenters. The van der Waals surface area contributed by atoms with Crippen LogP contribution in [0.4, 0.5) is 0 Å². The number of rotatable bonds is 3. The highest BCUT2D eigenvalue weighted by Gasteiger charge is 2.03. The maximum absolute atomic E-state index is 3.96. The minimum atomic E-state index is 0.714. The molecule has 1 heteroatoms. The second-order valence-electron chi connectivity index (χ2n) is 3.72. The molecule has 0 nitrogen and oxygen atoms in total. The highest BCUT2D eigenvalue weighted by molar-refractivity contribution is 6.09. The Balaban J connectivity index is 2.98. The van der Waals surface area contributed by atoms with Gasteiger partial charge in [-0.2, -0.15) is 0 Å². The largest absolute Gasteiger partial charge is 0.0955 e. The van der Waals surface area contributed by atoms with Gasteiger partial charge < -0.3 is 0 Å². The molecule has 0 radical (unpaired) electrons. The minimum Gasteiger partial charge on any atom is -0.0955 e. The summed E-state index contributed by atoms with van der Waals surface area (Å²) < 4.78 is 0. The van der Waals surface area contributed by atoms with Crippen molar-refractivity contribution in [2.75, 3.05) is 0 Å². The molecule has 0 spiro atoms. The zero-order valence-electron chi connectivity index (χ0n) is 8.80. The van der Waals surface area contributed by atoms with Crippen LogP contribution in [0.5, 0.6) is 0 Å². The summed E-state index contributed by atoms with van der Waals surface area (Å²) in [6, 6.07) is 10.1. The van der Waals surface area contributed by atoms with Crippen LogP contribution in [0.15, 0.2) is 30.8 Å². The van der Waals surface area contributed by atoms with Crippen LogP contribution in [0, 0.1) is 0 Å². The Morgan fingerprint density at radius 1 is 1.54 bits per heavy atom. The van der Waals surface area contributed by atoms with E-state index in [1.165, 1.54) is 27.4 Å². The lowest BCUT2D eigenvalue weighted by Crippen LogP contribution is -1.92. The van der Waals surface area contributed by atoms with Crippen molar-refractivity contribution in [3.63, 3.8) is 0 Å². The number of hydrogen-bond acceptors (Lipinski definition) is 0. The maximum atomic E-state index is 3.96. The van der Waals surface area contributed by atoms with Crippen molar-refractivity contribution in [2.24, 2.45) is 0 Å². The van der Waals surface area contributed by atoms with Gasteiger partial charge in [-0.1, -0.05) is 49.4 Å². The van der Waals surface area contributed by atoms with Gasteiger partial charge >= 0.3 is 0 Å². The second kappa shape index (κ2) is 4.42. The van der Waals surface area contributed by atoms with E-state index in [1.807, 2.05) is 0 Å². The number of benzene rings is 1. The zero-order chi connectivity index (χ0) is 9.84. The van der Waals surface area contributed by atoms with Crippen LogP contribution in [0.25, 0.3) is 5.57 Å². The van der Waals surface area contributed by atoms with Crippen LogP contribution in [0.2, 0.25) is 6.04 Å². The molecule has 0 aliphatic heterocycles. The lowest BCUT2D eigenvalue weighted by molar-refractivity contribution is 0.863. The molecule has 1 aromatic carbocycles. The summed E-state index contributed by atoms with van der Waals surface area (Å²) in [6.45, 7) is 8.32. The molecule has 0 saturated carbocycles. The smallest absolute Gasteiger partial charge is 0.00355 e. The molecule has 0 saturated heterocycles. The normalized spacial score (nSPS) is 12.8. The van der Waals surface area contributed by atoms with E-state index in [1.54, 1.807) is 0 Å². The van der Waals surface area contributed by atoms with Crippen LogP contribution in [-0.2, 0) is 0 Å². The molecule has 0 fully saturated rings. The molecule has 1 aromatic rings. The second-order valence-corrected chi connectivity index (χ2v) is 4.53. The summed E-state index contributed by atoms with van der Waals surface area (Å²) in [5.41, 5.74) is 3.89. The molecular weight excluding hydrogens is 172 g/mol. The fraction of sp³-hybridized carbons (Fsp3) is 0.333. The fourth-order valence-electron chi connectivity index (χ4n) is 1.35. The first-order valence-electron chi connectivity index (χ1n) is 4.91. The lowest BCUT2D eigenvalue weighted by Gasteiger charge is -2.10. The average molecular weight is 190 g/mol. The highest BCUT2D eigenvalue weighted by atomic mass is 28.1. The molecule has 1 rings (SSSR count). The molecular formula is C12H18Si. The first kappa shape index (κ1) is 10.3. The molecule has 0 aromatic heterocycles. The summed E-state index contributed by atoms with van der Waals surface area (Å²) in [7, 11) is 1.28. The summed E-state index contributed by atoms with van der Waals surface area (Å²) in [4.78, 5) is 0. The Morgan fingerprint density at radius 3 is 2.77 bits per heavy atom. The van der Waals surface area contributed by atoms with Crippen molar-refractivity contribution in [1.82, 2.24) is 0 Å². The average Bonchev–Trinajstić information content (AvgIpc) is 2.17. The Morgan fingerprint density at radius 2 is 2.23 bits per heavy atom. The van der Waals surface area contributed by atoms with Crippen LogP contribution in [0.3, 0.4) is 0 Å². The molecule has 1 unspecified atom stereocenters. The third-order valence-electron chi connectivity index (χ3n) is 2.56. The van der Waals surface area contributed by atoms with Crippen molar-refractivity contribution in [3.05, 3.63) is 42.0 Å². The van der Waals surface area contributed by atoms with Crippen molar-refractivity contribution in [3.8, 4) is 0 Å². The Kier molecular flexibility index (Phi) is 3.49. The summed E-state index contributed by atoms with van der Waals surface area (Å²) >= 11 is 0. The molecule has 0 heterocycles. The van der Waals surface area contributed by atoms with E-state index in [0.29, 0.717) is 5.92 Å². The van der Waals surface area contributed by atoms with Gasteiger partial charge in [-0.05, 0) is 24.0 Å². The van der Waals surface area contributed by atoms with E-state index in [9.17, 15) is 0 Å². The molecule has 0 N–H and O–H groups in total. The highest BCUT2D eigenvalue weighted by Crippen LogP contribution is 2.21. The van der Waals surface area contributed by atoms with Gasteiger partial charge in [0.15, 0.2) is 0 Å². The topological polar surface area (TPSA) is 0 Å². The van der Waals surface area contributed by atoms with E-state index in [0.717, 1.165) is 5.57 Å². The van der Waals surface area contributed by atoms with Crippen molar-refractivity contribution in [2.45, 2.75) is 25.8 Å². The van der Waals surface area contributed by atoms with Gasteiger partial charge in [0, 0.05) is 10.2 Å². The maximum Gasteiger partial charge on any atom is 0.00355 e. The van der Waals surface area contributed by atoms with Crippen molar-refractivity contribution >= 4 is 15.8 Å². The van der Waals surface area contributed by atoms with Gasteiger partial charge in [0.05, 0.1) is 0 Å². The first-order valence-corrected chi connectivity index (χ1v) is 6.32. The third kappa shape index (κ3) is 2.56. The summed E-state index contributed by atoms with van der Waals surface area (Å²) in [5, 5.41) is 0. The van der Waals surface area contributed by atoms with E-state index < -0.39 is 0 Å². The molecule has 0 aliphatic rings. The standard InChI is InChI=1S/C12H18Si/c1-9(2)11-5-4-6-12(7-11)10(3)8-13/h4-7,10H,1,8H2,2-3,13H3. The SMILES string of the molecule is C=C(C)c1cccc(C(C)C[SiH3])c1. The Bertz CT molecular complexity index is 302. The quantitative estimate of drug-likeness (QED) is 0.643. The van der Waals surface area contributed by atoms with Gasteiger partial charge in [0.25, 0.3) is 0 Å². The van der Waals surface area contributed by atoms with Gasteiger partial charge in [0.1, 0.15) is 0 Å². The Hall–Kier alpha value is -0.823. The summed E-state index contributed by atoms with van der Waals surface area (Å²) in [6.07, 6.45) is 0. The predicted octanol–water partition coefficient (Wildman–Crippen LogP) is 2.61. The molecule has 0 amide bonds. The molecule has 0 aliphatic carbocycles. The first-order chi connectivity index (χ1) is 6.15. The van der Waals surface area contributed by atoms with E-state index in [-0.39, 0.29) is 0 Å². The Labute approximate surface area is 84.1 Å². The van der Waals surface area contributed by atoms with Gasteiger partial charge in [-0.25, -0.2) is 0 Å². The van der Waals surface area contributed by atoms with Gasteiger partial charge in [0.2, 0.25) is 0 Å². The molecule has 13 heavy (non-hydrogen) atoms. The van der Waals surface area contributed by atoms with E-state index in [4.69, 9.17) is 0 Å². The van der Waals surface area contributed by atoms with Crippen molar-refractivity contribution < 1.29 is 0 Å². The predicted molar refractivity (Wildman–Crippen MR) is 64.3 cm³/mol. The van der Waals surface area contributed by atoms with Crippen LogP contribution >= 0.6 is 0 Å². The minimum absolute atomic E-state index is 0.714. The third-order valence-corrected chi connectivity index (χ3v) is 3.79. The van der Waals surface area contributed by atoms with Crippen LogP contribution < -0.4 is 0 Å². The van der Waals surface area contributed by atoms with Crippen LogP contribution in [0.1, 0.15) is 30.9 Å².